The van der Waals surface area contributed by atoms with Gasteiger partial charge in [-0.1, -0.05) is 43.3 Å². The van der Waals surface area contributed by atoms with Crippen molar-refractivity contribution in [3.63, 3.8) is 0 Å². The minimum absolute atomic E-state index is 0.173. The number of hydrogen-bond donors (Lipinski definition) is 2. The van der Waals surface area contributed by atoms with E-state index in [1.165, 1.54) is 0 Å². The lowest BCUT2D eigenvalue weighted by atomic mass is 9.92. The van der Waals surface area contributed by atoms with Crippen LogP contribution in [-0.2, 0) is 4.79 Å². The summed E-state index contributed by atoms with van der Waals surface area (Å²) in [5.74, 6) is -0.827. The molecule has 0 aliphatic heterocycles. The Morgan fingerprint density at radius 3 is 2.44 bits per heavy atom. The smallest absolute Gasteiger partial charge is 0.325 e. The van der Waals surface area contributed by atoms with Gasteiger partial charge in [-0.15, -0.1) is 0 Å². The first-order valence-electron chi connectivity index (χ1n) is 5.28. The Bertz CT molecular complexity index is 399. The summed E-state index contributed by atoms with van der Waals surface area (Å²) >= 11 is 0. The lowest BCUT2D eigenvalue weighted by Crippen LogP contribution is -2.22. The Hall–Kier alpha value is -1.61. The van der Waals surface area contributed by atoms with Crippen molar-refractivity contribution in [3.8, 4) is 0 Å². The molecule has 3 nitrogen and oxygen atoms in total. The maximum Gasteiger partial charge on any atom is 0.325 e. The Morgan fingerprint density at radius 1 is 1.38 bits per heavy atom. The van der Waals surface area contributed by atoms with Gasteiger partial charge in [-0.05, 0) is 24.0 Å². The molecule has 3 N–H and O–H groups in total. The lowest BCUT2D eigenvalue weighted by Gasteiger charge is -2.16. The standard InChI is InChI=1S/C13H17NO2/c1-3-6-9(2)10-7-4-5-8-11(10)12(14)13(15)16/h3-9,12H,14H2,1-2H3,(H,15,16). The van der Waals surface area contributed by atoms with Crippen molar-refractivity contribution in [3.05, 3.63) is 47.5 Å². The SMILES string of the molecule is CC=CC(C)c1ccccc1C(N)C(=O)O. The predicted molar refractivity (Wildman–Crippen MR) is 64.2 cm³/mol. The van der Waals surface area contributed by atoms with Crippen LogP contribution in [0.3, 0.4) is 0 Å². The molecule has 2 unspecified atom stereocenters. The summed E-state index contributed by atoms with van der Waals surface area (Å²) in [6.45, 7) is 3.96. The van der Waals surface area contributed by atoms with Crippen molar-refractivity contribution in [2.45, 2.75) is 25.8 Å². The van der Waals surface area contributed by atoms with Crippen LogP contribution in [0.5, 0.6) is 0 Å². The largest absolute Gasteiger partial charge is 0.480 e. The van der Waals surface area contributed by atoms with Crippen molar-refractivity contribution >= 4 is 5.97 Å². The molecule has 0 spiro atoms. The maximum atomic E-state index is 10.9. The molecule has 0 amide bonds. The molecule has 0 bridgehead atoms. The van der Waals surface area contributed by atoms with E-state index in [2.05, 4.69) is 0 Å². The summed E-state index contributed by atoms with van der Waals surface area (Å²) in [4.78, 5) is 10.9. The molecule has 0 aliphatic rings. The minimum atomic E-state index is -1.000. The van der Waals surface area contributed by atoms with Crippen LogP contribution in [0.2, 0.25) is 0 Å². The van der Waals surface area contributed by atoms with Crippen molar-refractivity contribution in [1.29, 1.82) is 0 Å². The summed E-state index contributed by atoms with van der Waals surface area (Å²) in [6, 6.07) is 6.44. The highest BCUT2D eigenvalue weighted by Gasteiger charge is 2.19. The van der Waals surface area contributed by atoms with Gasteiger partial charge in [0.2, 0.25) is 0 Å². The monoisotopic (exact) mass is 219 g/mol. The number of nitrogens with two attached hydrogens (primary N) is 1. The summed E-state index contributed by atoms with van der Waals surface area (Å²) in [5, 5.41) is 8.93. The summed E-state index contributed by atoms with van der Waals surface area (Å²) in [5.41, 5.74) is 7.30. The van der Waals surface area contributed by atoms with Crippen LogP contribution in [0.1, 0.15) is 36.9 Å². The average molecular weight is 219 g/mol. The van der Waals surface area contributed by atoms with Crippen LogP contribution in [0.25, 0.3) is 0 Å². The Balaban J connectivity index is 3.14. The molecule has 86 valence electrons. The summed E-state index contributed by atoms with van der Waals surface area (Å²) < 4.78 is 0. The molecule has 0 heterocycles. The number of benzene rings is 1. The number of rotatable bonds is 4. The van der Waals surface area contributed by atoms with E-state index in [-0.39, 0.29) is 5.92 Å². The van der Waals surface area contributed by atoms with E-state index >= 15 is 0 Å². The van der Waals surface area contributed by atoms with Gasteiger partial charge in [0.15, 0.2) is 0 Å². The molecule has 3 heteroatoms. The fourth-order valence-corrected chi connectivity index (χ4v) is 1.73. The van der Waals surface area contributed by atoms with Gasteiger partial charge in [-0.25, -0.2) is 0 Å². The summed E-state index contributed by atoms with van der Waals surface area (Å²) in [6.07, 6.45) is 3.97. The van der Waals surface area contributed by atoms with Crippen LogP contribution in [0, 0.1) is 0 Å². The molecule has 1 rings (SSSR count). The summed E-state index contributed by atoms with van der Waals surface area (Å²) in [7, 11) is 0. The molecule has 0 aromatic heterocycles. The zero-order chi connectivity index (χ0) is 12.1. The highest BCUT2D eigenvalue weighted by Crippen LogP contribution is 2.25. The van der Waals surface area contributed by atoms with Gasteiger partial charge in [0.1, 0.15) is 6.04 Å². The highest BCUT2D eigenvalue weighted by molar-refractivity contribution is 5.75. The van der Waals surface area contributed by atoms with Gasteiger partial charge in [-0.2, -0.15) is 0 Å². The normalized spacial score (nSPS) is 14.9. The van der Waals surface area contributed by atoms with Crippen molar-refractivity contribution in [2.75, 3.05) is 0 Å². The third-order valence-corrected chi connectivity index (χ3v) is 2.57. The number of allylic oxidation sites excluding steroid dienone is 2. The fraction of sp³-hybridized carbons (Fsp3) is 0.308. The van der Waals surface area contributed by atoms with Gasteiger partial charge in [-0.3, -0.25) is 4.79 Å². The van der Waals surface area contributed by atoms with Gasteiger partial charge < -0.3 is 10.8 Å². The molecule has 0 fully saturated rings. The number of carbonyl (C=O) groups is 1. The van der Waals surface area contributed by atoms with E-state index in [1.807, 2.05) is 44.2 Å². The number of hydrogen-bond acceptors (Lipinski definition) is 2. The molecular formula is C13H17NO2. The molecule has 0 saturated heterocycles. The van der Waals surface area contributed by atoms with Gasteiger partial charge in [0, 0.05) is 0 Å². The van der Waals surface area contributed by atoms with Gasteiger partial charge in [0.05, 0.1) is 0 Å². The quantitative estimate of drug-likeness (QED) is 0.764. The van der Waals surface area contributed by atoms with Crippen LogP contribution < -0.4 is 5.73 Å². The van der Waals surface area contributed by atoms with E-state index in [0.717, 1.165) is 5.56 Å². The molecule has 1 aromatic carbocycles. The molecule has 16 heavy (non-hydrogen) atoms. The van der Waals surface area contributed by atoms with Crippen LogP contribution >= 0.6 is 0 Å². The van der Waals surface area contributed by atoms with Crippen LogP contribution in [-0.4, -0.2) is 11.1 Å². The van der Waals surface area contributed by atoms with E-state index in [0.29, 0.717) is 5.56 Å². The first-order chi connectivity index (χ1) is 7.57. The fourth-order valence-electron chi connectivity index (χ4n) is 1.73. The first kappa shape index (κ1) is 12.5. The second-order valence-electron chi connectivity index (χ2n) is 3.76. The van der Waals surface area contributed by atoms with E-state index in [1.54, 1.807) is 6.07 Å². The van der Waals surface area contributed by atoms with Gasteiger partial charge >= 0.3 is 5.97 Å². The third kappa shape index (κ3) is 2.70. The lowest BCUT2D eigenvalue weighted by molar-refractivity contribution is -0.138. The minimum Gasteiger partial charge on any atom is -0.480 e. The zero-order valence-electron chi connectivity index (χ0n) is 9.55. The van der Waals surface area contributed by atoms with Crippen LogP contribution in [0.15, 0.2) is 36.4 Å². The predicted octanol–water partition coefficient (Wildman–Crippen LogP) is 2.45. The van der Waals surface area contributed by atoms with E-state index < -0.39 is 12.0 Å². The van der Waals surface area contributed by atoms with Crippen molar-refractivity contribution in [1.82, 2.24) is 0 Å². The second kappa shape index (κ2) is 5.47. The molecule has 0 aliphatic carbocycles. The molecular weight excluding hydrogens is 202 g/mol. The topological polar surface area (TPSA) is 63.3 Å². The average Bonchev–Trinajstić information content (AvgIpc) is 2.28. The Labute approximate surface area is 95.6 Å². The maximum absolute atomic E-state index is 10.9. The zero-order valence-corrected chi connectivity index (χ0v) is 9.55. The van der Waals surface area contributed by atoms with Crippen molar-refractivity contribution < 1.29 is 9.90 Å². The first-order valence-corrected chi connectivity index (χ1v) is 5.28. The highest BCUT2D eigenvalue weighted by atomic mass is 16.4. The van der Waals surface area contributed by atoms with E-state index in [4.69, 9.17) is 10.8 Å². The van der Waals surface area contributed by atoms with E-state index in [9.17, 15) is 4.79 Å². The third-order valence-electron chi connectivity index (χ3n) is 2.57. The van der Waals surface area contributed by atoms with Crippen molar-refractivity contribution in [2.24, 2.45) is 5.73 Å². The number of carboxylic acid groups (broad SMARTS) is 1. The van der Waals surface area contributed by atoms with Crippen LogP contribution in [0.4, 0.5) is 0 Å². The number of aliphatic carboxylic acids is 1. The Kier molecular flexibility index (Phi) is 4.26. The molecule has 0 radical (unpaired) electrons. The number of carboxylic acids is 1. The Morgan fingerprint density at radius 2 is 1.94 bits per heavy atom. The van der Waals surface area contributed by atoms with Gasteiger partial charge in [0.25, 0.3) is 0 Å². The molecule has 2 atom stereocenters. The second-order valence-corrected chi connectivity index (χ2v) is 3.76. The molecule has 1 aromatic rings. The molecule has 0 saturated carbocycles.